The van der Waals surface area contributed by atoms with Gasteiger partial charge in [0.05, 0.1) is 11.3 Å². The summed E-state index contributed by atoms with van der Waals surface area (Å²) in [4.78, 5) is 24.8. The van der Waals surface area contributed by atoms with E-state index < -0.39 is 23.3 Å². The number of ketones is 1. The van der Waals surface area contributed by atoms with Crippen LogP contribution in [0.1, 0.15) is 24.2 Å². The highest BCUT2D eigenvalue weighted by Crippen LogP contribution is 2.33. The zero-order valence-corrected chi connectivity index (χ0v) is 11.4. The van der Waals surface area contributed by atoms with Crippen molar-refractivity contribution in [3.8, 4) is 0 Å². The average Bonchev–Trinajstić information content (AvgIpc) is 2.62. The van der Waals surface area contributed by atoms with Gasteiger partial charge in [-0.25, -0.2) is 8.78 Å². The van der Waals surface area contributed by atoms with Crippen LogP contribution in [0.25, 0.3) is 0 Å². The first-order chi connectivity index (χ1) is 9.45. The first-order valence-corrected chi connectivity index (χ1v) is 6.51. The van der Waals surface area contributed by atoms with E-state index in [1.807, 2.05) is 13.8 Å². The van der Waals surface area contributed by atoms with Crippen molar-refractivity contribution in [3.05, 3.63) is 29.3 Å². The summed E-state index contributed by atoms with van der Waals surface area (Å²) in [5.41, 5.74) is -0.298. The molecular weight excluding hydrogens is 266 g/mol. The van der Waals surface area contributed by atoms with Gasteiger partial charge in [-0.05, 0) is 25.1 Å². The Balaban J connectivity index is 2.29. The number of rotatable bonds is 5. The van der Waals surface area contributed by atoms with Crippen LogP contribution in [0.3, 0.4) is 0 Å². The number of nitrogens with zero attached hydrogens (tertiary/aromatic N) is 1. The molecule has 0 radical (unpaired) electrons. The zero-order valence-electron chi connectivity index (χ0n) is 11.4. The molecule has 1 unspecified atom stereocenters. The topological polar surface area (TPSA) is 49.4 Å². The van der Waals surface area contributed by atoms with Crippen molar-refractivity contribution in [3.63, 3.8) is 0 Å². The summed E-state index contributed by atoms with van der Waals surface area (Å²) in [6.07, 6.45) is 0. The average molecular weight is 282 g/mol. The summed E-state index contributed by atoms with van der Waals surface area (Å²) in [5.74, 6) is -3.34. The Labute approximate surface area is 115 Å². The number of fused-ring (bicyclic) bond motifs is 1. The number of carbonyl (C=O) groups is 2. The normalized spacial score (nSPS) is 15.7. The Morgan fingerprint density at radius 2 is 2.00 bits per heavy atom. The third-order valence-corrected chi connectivity index (χ3v) is 3.22. The Kier molecular flexibility index (Phi) is 4.13. The second-order valence-electron chi connectivity index (χ2n) is 4.94. The van der Waals surface area contributed by atoms with Gasteiger partial charge in [0.2, 0.25) is 0 Å². The molecule has 0 bridgehead atoms. The number of hydrogen-bond donors (Lipinski definition) is 1. The van der Waals surface area contributed by atoms with Gasteiger partial charge in [0.1, 0.15) is 5.82 Å². The molecule has 6 heteroatoms. The van der Waals surface area contributed by atoms with Crippen molar-refractivity contribution < 1.29 is 18.4 Å². The van der Waals surface area contributed by atoms with Gasteiger partial charge in [-0.3, -0.25) is 9.59 Å². The van der Waals surface area contributed by atoms with E-state index in [-0.39, 0.29) is 23.7 Å². The maximum atomic E-state index is 13.8. The van der Waals surface area contributed by atoms with E-state index in [9.17, 15) is 18.4 Å². The minimum absolute atomic E-state index is 0.0436. The fourth-order valence-corrected chi connectivity index (χ4v) is 2.29. The molecule has 0 aliphatic carbocycles. The lowest BCUT2D eigenvalue weighted by Crippen LogP contribution is -2.37. The van der Waals surface area contributed by atoms with Gasteiger partial charge >= 0.3 is 0 Å². The van der Waals surface area contributed by atoms with E-state index in [0.717, 1.165) is 17.5 Å². The number of amides is 1. The number of Topliss-reactive ketones (excluding diaryl/α,β-unsaturated/α-hetero) is 1. The van der Waals surface area contributed by atoms with Gasteiger partial charge in [-0.15, -0.1) is 0 Å². The molecule has 108 valence electrons. The van der Waals surface area contributed by atoms with Gasteiger partial charge in [0.15, 0.2) is 5.82 Å². The predicted octanol–water partition coefficient (Wildman–Crippen LogP) is 1.74. The van der Waals surface area contributed by atoms with Gasteiger partial charge in [0, 0.05) is 12.6 Å². The van der Waals surface area contributed by atoms with Crippen LogP contribution in [-0.4, -0.2) is 31.3 Å². The Bertz CT molecular complexity index is 560. The molecule has 0 saturated heterocycles. The highest BCUT2D eigenvalue weighted by Gasteiger charge is 2.39. The van der Waals surface area contributed by atoms with Crippen molar-refractivity contribution in [1.82, 2.24) is 5.32 Å². The summed E-state index contributed by atoms with van der Waals surface area (Å²) in [6, 6.07) is 1.60. The smallest absolute Gasteiger partial charge is 0.299 e. The molecule has 4 nitrogen and oxygen atoms in total. The van der Waals surface area contributed by atoms with Crippen LogP contribution in [0.15, 0.2) is 12.1 Å². The monoisotopic (exact) mass is 282 g/mol. The zero-order chi connectivity index (χ0) is 14.9. The van der Waals surface area contributed by atoms with E-state index >= 15 is 0 Å². The summed E-state index contributed by atoms with van der Waals surface area (Å²) >= 11 is 0. The number of anilines is 1. The van der Waals surface area contributed by atoms with Crippen LogP contribution >= 0.6 is 0 Å². The van der Waals surface area contributed by atoms with Gasteiger partial charge in [0.25, 0.3) is 11.7 Å². The van der Waals surface area contributed by atoms with Crippen LogP contribution < -0.4 is 10.2 Å². The van der Waals surface area contributed by atoms with E-state index in [2.05, 4.69) is 5.32 Å². The molecule has 1 aliphatic heterocycles. The van der Waals surface area contributed by atoms with Crippen molar-refractivity contribution in [2.45, 2.75) is 13.8 Å². The Morgan fingerprint density at radius 3 is 2.65 bits per heavy atom. The Morgan fingerprint density at radius 1 is 1.30 bits per heavy atom. The van der Waals surface area contributed by atoms with E-state index in [0.29, 0.717) is 12.6 Å². The molecule has 0 aromatic heterocycles. The predicted molar refractivity (Wildman–Crippen MR) is 70.7 cm³/mol. The van der Waals surface area contributed by atoms with Crippen LogP contribution in [0, 0.1) is 17.6 Å². The lowest BCUT2D eigenvalue weighted by molar-refractivity contribution is -0.114. The Hall–Kier alpha value is -1.82. The maximum Gasteiger partial charge on any atom is 0.299 e. The quantitative estimate of drug-likeness (QED) is 0.837. The second kappa shape index (κ2) is 5.66. The molecule has 2 rings (SSSR count). The lowest BCUT2D eigenvalue weighted by Gasteiger charge is -2.21. The molecule has 1 N–H and O–H groups in total. The van der Waals surface area contributed by atoms with Gasteiger partial charge in [-0.2, -0.15) is 0 Å². The van der Waals surface area contributed by atoms with Crippen molar-refractivity contribution in [2.24, 2.45) is 5.92 Å². The van der Waals surface area contributed by atoms with Crippen LogP contribution in [0.4, 0.5) is 14.5 Å². The highest BCUT2D eigenvalue weighted by atomic mass is 19.1. The van der Waals surface area contributed by atoms with Crippen LogP contribution in [0.5, 0.6) is 0 Å². The largest absolute Gasteiger partial charge is 0.317 e. The third kappa shape index (κ3) is 2.56. The number of hydrogen-bond acceptors (Lipinski definition) is 3. The minimum atomic E-state index is -0.880. The molecular formula is C14H16F2N2O2. The van der Waals surface area contributed by atoms with Gasteiger partial charge in [-0.1, -0.05) is 13.8 Å². The first-order valence-electron chi connectivity index (χ1n) is 6.51. The lowest BCUT2D eigenvalue weighted by atomic mass is 10.1. The molecule has 1 amide bonds. The molecule has 1 aliphatic rings. The molecule has 1 aromatic rings. The van der Waals surface area contributed by atoms with Crippen molar-refractivity contribution in [1.29, 1.82) is 0 Å². The standard InChI is InChI=1S/C14H16F2N2O2/c1-3-17-6-8(2)7-18-12-10(13(19)14(18)20)4-9(15)5-11(12)16/h4-5,8,17H,3,6-7H2,1-2H3. The number of nitrogens with one attached hydrogen (secondary N) is 1. The minimum Gasteiger partial charge on any atom is -0.317 e. The maximum absolute atomic E-state index is 13.8. The highest BCUT2D eigenvalue weighted by molar-refractivity contribution is 6.52. The molecule has 20 heavy (non-hydrogen) atoms. The van der Waals surface area contributed by atoms with Crippen molar-refractivity contribution >= 4 is 17.4 Å². The van der Waals surface area contributed by atoms with Crippen LogP contribution in [-0.2, 0) is 4.79 Å². The summed E-state index contributed by atoms with van der Waals surface area (Å²) < 4.78 is 27.0. The summed E-state index contributed by atoms with van der Waals surface area (Å²) in [7, 11) is 0. The number of halogens is 2. The number of benzene rings is 1. The van der Waals surface area contributed by atoms with E-state index in [1.165, 1.54) is 0 Å². The fourth-order valence-electron chi connectivity index (χ4n) is 2.29. The second-order valence-corrected chi connectivity index (χ2v) is 4.94. The van der Waals surface area contributed by atoms with Gasteiger partial charge < -0.3 is 10.2 Å². The fraction of sp³-hybridized carbons (Fsp3) is 0.429. The first kappa shape index (κ1) is 14.6. The summed E-state index contributed by atoms with van der Waals surface area (Å²) in [5, 5.41) is 3.12. The number of carbonyl (C=O) groups excluding carboxylic acids is 2. The SMILES string of the molecule is CCNCC(C)CN1C(=O)C(=O)c2cc(F)cc(F)c21. The molecule has 0 fully saturated rings. The summed E-state index contributed by atoms with van der Waals surface area (Å²) in [6.45, 7) is 5.49. The van der Waals surface area contributed by atoms with Crippen molar-refractivity contribution in [2.75, 3.05) is 24.5 Å². The molecule has 1 atom stereocenters. The van der Waals surface area contributed by atoms with E-state index in [1.54, 1.807) is 0 Å². The van der Waals surface area contributed by atoms with E-state index in [4.69, 9.17) is 0 Å². The molecule has 0 saturated carbocycles. The third-order valence-electron chi connectivity index (χ3n) is 3.22. The van der Waals surface area contributed by atoms with Crippen LogP contribution in [0.2, 0.25) is 0 Å². The molecule has 0 spiro atoms. The molecule has 1 aromatic carbocycles. The molecule has 1 heterocycles.